The van der Waals surface area contributed by atoms with Crippen molar-refractivity contribution in [1.82, 2.24) is 15.3 Å². The summed E-state index contributed by atoms with van der Waals surface area (Å²) in [5.74, 6) is -0.812. The smallest absolute Gasteiger partial charge is 0.320 e. The Bertz CT molecular complexity index is 379. The topological polar surface area (TPSA) is 75.1 Å². The van der Waals surface area contributed by atoms with Gasteiger partial charge < -0.3 is 5.11 Å². The Hall–Kier alpha value is -1.20. The maximum absolute atomic E-state index is 11.1. The fourth-order valence-electron chi connectivity index (χ4n) is 1.54. The van der Waals surface area contributed by atoms with E-state index in [4.69, 9.17) is 5.11 Å². The predicted octanol–water partition coefficient (Wildman–Crippen LogP) is 2.27. The van der Waals surface area contributed by atoms with Crippen LogP contribution in [-0.4, -0.2) is 27.1 Å². The standard InChI is InChI=1S/C13H21N3O2.ClH/c1-13(2,3)6-4-11(12(17)18)15-8-10-5-7-14-9-16-10;/h5,7,9,11,15H,4,6,8H2,1-3H3,(H,17,18);1H/t11-;/m0./s1. The van der Waals surface area contributed by atoms with Crippen molar-refractivity contribution in [3.8, 4) is 0 Å². The number of carboxylic acids is 1. The summed E-state index contributed by atoms with van der Waals surface area (Å²) in [6, 6.07) is 1.24. The van der Waals surface area contributed by atoms with Crippen molar-refractivity contribution < 1.29 is 9.90 Å². The Morgan fingerprint density at radius 1 is 1.47 bits per heavy atom. The molecule has 0 bridgehead atoms. The summed E-state index contributed by atoms with van der Waals surface area (Å²) in [5, 5.41) is 12.2. The van der Waals surface area contributed by atoms with Gasteiger partial charge in [-0.15, -0.1) is 12.4 Å². The van der Waals surface area contributed by atoms with Crippen molar-refractivity contribution in [2.75, 3.05) is 0 Å². The van der Waals surface area contributed by atoms with Gasteiger partial charge in [0.25, 0.3) is 0 Å². The quantitative estimate of drug-likeness (QED) is 0.839. The molecule has 1 aromatic rings. The van der Waals surface area contributed by atoms with E-state index in [1.165, 1.54) is 6.33 Å². The molecule has 108 valence electrons. The number of nitrogens with zero attached hydrogens (tertiary/aromatic N) is 2. The molecule has 6 heteroatoms. The maximum Gasteiger partial charge on any atom is 0.320 e. The molecule has 0 fully saturated rings. The van der Waals surface area contributed by atoms with Crippen LogP contribution in [0.3, 0.4) is 0 Å². The van der Waals surface area contributed by atoms with Gasteiger partial charge in [-0.05, 0) is 24.3 Å². The van der Waals surface area contributed by atoms with Crippen molar-refractivity contribution in [2.45, 2.75) is 46.2 Å². The third-order valence-corrected chi connectivity index (χ3v) is 2.65. The lowest BCUT2D eigenvalue weighted by Crippen LogP contribution is -2.37. The first-order valence-electron chi connectivity index (χ1n) is 6.09. The first-order chi connectivity index (χ1) is 8.38. The second-order valence-electron chi connectivity index (χ2n) is 5.57. The molecular weight excluding hydrogens is 266 g/mol. The molecule has 0 aliphatic heterocycles. The van der Waals surface area contributed by atoms with Gasteiger partial charge in [-0.3, -0.25) is 10.1 Å². The second-order valence-corrected chi connectivity index (χ2v) is 5.57. The second kappa shape index (κ2) is 8.07. The highest BCUT2D eigenvalue weighted by Gasteiger charge is 2.20. The molecule has 0 aliphatic rings. The van der Waals surface area contributed by atoms with Gasteiger partial charge in [0, 0.05) is 12.7 Å². The number of rotatable bonds is 6. The van der Waals surface area contributed by atoms with E-state index in [2.05, 4.69) is 36.1 Å². The van der Waals surface area contributed by atoms with Crippen LogP contribution in [0.15, 0.2) is 18.6 Å². The van der Waals surface area contributed by atoms with Crippen molar-refractivity contribution in [3.05, 3.63) is 24.3 Å². The highest BCUT2D eigenvalue weighted by molar-refractivity contribution is 5.85. The third kappa shape index (κ3) is 7.74. The Balaban J connectivity index is 0.00000324. The Morgan fingerprint density at radius 2 is 2.16 bits per heavy atom. The largest absolute Gasteiger partial charge is 0.480 e. The molecule has 1 aromatic heterocycles. The van der Waals surface area contributed by atoms with Gasteiger partial charge in [-0.2, -0.15) is 0 Å². The van der Waals surface area contributed by atoms with Crippen LogP contribution in [0.25, 0.3) is 0 Å². The maximum atomic E-state index is 11.1. The average molecular weight is 288 g/mol. The number of nitrogens with one attached hydrogen (secondary N) is 1. The van der Waals surface area contributed by atoms with Crippen LogP contribution in [0.1, 0.15) is 39.3 Å². The van der Waals surface area contributed by atoms with Crippen LogP contribution in [0, 0.1) is 5.41 Å². The minimum atomic E-state index is -0.812. The highest BCUT2D eigenvalue weighted by Crippen LogP contribution is 2.21. The van der Waals surface area contributed by atoms with Gasteiger partial charge in [0.2, 0.25) is 0 Å². The lowest BCUT2D eigenvalue weighted by atomic mass is 9.88. The normalized spacial score (nSPS) is 12.6. The minimum absolute atomic E-state index is 0. The summed E-state index contributed by atoms with van der Waals surface area (Å²) in [5.41, 5.74) is 0.941. The van der Waals surface area contributed by atoms with Crippen LogP contribution in [0.5, 0.6) is 0 Å². The van der Waals surface area contributed by atoms with E-state index in [0.717, 1.165) is 12.1 Å². The fraction of sp³-hybridized carbons (Fsp3) is 0.615. The SMILES string of the molecule is CC(C)(C)CC[C@H](NCc1ccncn1)C(=O)O.Cl. The van der Waals surface area contributed by atoms with Crippen molar-refractivity contribution in [3.63, 3.8) is 0 Å². The zero-order chi connectivity index (χ0) is 13.6. The molecule has 1 heterocycles. The first-order valence-corrected chi connectivity index (χ1v) is 6.09. The number of halogens is 1. The Labute approximate surface area is 120 Å². The van der Waals surface area contributed by atoms with Gasteiger partial charge >= 0.3 is 5.97 Å². The predicted molar refractivity (Wildman–Crippen MR) is 76.2 cm³/mol. The van der Waals surface area contributed by atoms with Crippen LogP contribution in [0.4, 0.5) is 0 Å². The van der Waals surface area contributed by atoms with Gasteiger partial charge in [-0.25, -0.2) is 9.97 Å². The van der Waals surface area contributed by atoms with Crippen molar-refractivity contribution >= 4 is 18.4 Å². The highest BCUT2D eigenvalue weighted by atomic mass is 35.5. The van der Waals surface area contributed by atoms with Gasteiger partial charge in [0.15, 0.2) is 0 Å². The molecule has 0 radical (unpaired) electrons. The third-order valence-electron chi connectivity index (χ3n) is 2.65. The number of hydrogen-bond donors (Lipinski definition) is 2. The lowest BCUT2D eigenvalue weighted by Gasteiger charge is -2.21. The van der Waals surface area contributed by atoms with Gasteiger partial charge in [0.1, 0.15) is 12.4 Å². The molecule has 0 amide bonds. The molecule has 0 saturated heterocycles. The first kappa shape index (κ1) is 17.8. The molecule has 0 spiro atoms. The van der Waals surface area contributed by atoms with E-state index < -0.39 is 12.0 Å². The van der Waals surface area contributed by atoms with E-state index in [9.17, 15) is 4.79 Å². The van der Waals surface area contributed by atoms with E-state index in [1.807, 2.05) is 0 Å². The molecule has 0 aliphatic carbocycles. The number of carboxylic acid groups (broad SMARTS) is 1. The van der Waals surface area contributed by atoms with Gasteiger partial charge in [-0.1, -0.05) is 20.8 Å². The summed E-state index contributed by atoms with van der Waals surface area (Å²) >= 11 is 0. The zero-order valence-electron chi connectivity index (χ0n) is 11.6. The van der Waals surface area contributed by atoms with Crippen molar-refractivity contribution in [1.29, 1.82) is 0 Å². The van der Waals surface area contributed by atoms with Crippen molar-refractivity contribution in [2.24, 2.45) is 5.41 Å². The fourth-order valence-corrected chi connectivity index (χ4v) is 1.54. The molecule has 0 saturated carbocycles. The number of carbonyl (C=O) groups is 1. The summed E-state index contributed by atoms with van der Waals surface area (Å²) in [6.07, 6.45) is 4.58. The van der Waals surface area contributed by atoms with E-state index in [-0.39, 0.29) is 17.8 Å². The van der Waals surface area contributed by atoms with E-state index in [0.29, 0.717) is 13.0 Å². The average Bonchev–Trinajstić information content (AvgIpc) is 2.28. The Kier molecular flexibility index (Phi) is 7.56. The minimum Gasteiger partial charge on any atom is -0.480 e. The molecule has 1 rings (SSSR count). The zero-order valence-corrected chi connectivity index (χ0v) is 12.4. The Morgan fingerprint density at radius 3 is 2.63 bits per heavy atom. The number of aliphatic carboxylic acids is 1. The van der Waals surface area contributed by atoms with E-state index in [1.54, 1.807) is 12.3 Å². The summed E-state index contributed by atoms with van der Waals surface area (Å²) in [7, 11) is 0. The van der Waals surface area contributed by atoms with Crippen LogP contribution >= 0.6 is 12.4 Å². The van der Waals surface area contributed by atoms with Crippen LogP contribution in [-0.2, 0) is 11.3 Å². The number of aromatic nitrogens is 2. The molecule has 5 nitrogen and oxygen atoms in total. The molecule has 1 atom stereocenters. The summed E-state index contributed by atoms with van der Waals surface area (Å²) in [4.78, 5) is 19.0. The summed E-state index contributed by atoms with van der Waals surface area (Å²) < 4.78 is 0. The lowest BCUT2D eigenvalue weighted by molar-refractivity contribution is -0.139. The monoisotopic (exact) mass is 287 g/mol. The van der Waals surface area contributed by atoms with E-state index >= 15 is 0 Å². The summed E-state index contributed by atoms with van der Waals surface area (Å²) in [6.45, 7) is 6.77. The molecular formula is C13H22ClN3O2. The molecule has 19 heavy (non-hydrogen) atoms. The van der Waals surface area contributed by atoms with Crippen LogP contribution in [0.2, 0.25) is 0 Å². The number of hydrogen-bond acceptors (Lipinski definition) is 4. The molecule has 2 N–H and O–H groups in total. The molecule has 0 aromatic carbocycles. The molecule has 0 unspecified atom stereocenters. The van der Waals surface area contributed by atoms with Crippen LogP contribution < -0.4 is 5.32 Å². The van der Waals surface area contributed by atoms with Gasteiger partial charge in [0.05, 0.1) is 5.69 Å².